The van der Waals surface area contributed by atoms with Gasteiger partial charge in [0.05, 0.1) is 11.4 Å². The van der Waals surface area contributed by atoms with E-state index in [0.717, 1.165) is 27.8 Å². The Labute approximate surface area is 163 Å². The fourth-order valence-corrected chi connectivity index (χ4v) is 3.54. The summed E-state index contributed by atoms with van der Waals surface area (Å²) in [5, 5.41) is 20.0. The third kappa shape index (κ3) is 3.98. The summed E-state index contributed by atoms with van der Waals surface area (Å²) in [7, 11) is 0. The number of aryl methyl sites for hydroxylation is 1. The lowest BCUT2D eigenvalue weighted by molar-refractivity contribution is -0.141. The molecule has 4 nitrogen and oxygen atoms in total. The van der Waals surface area contributed by atoms with E-state index in [4.69, 9.17) is 4.98 Å². The molecule has 0 spiro atoms. The lowest BCUT2D eigenvalue weighted by Crippen LogP contribution is -2.12. The van der Waals surface area contributed by atoms with E-state index in [9.17, 15) is 19.4 Å². The monoisotopic (exact) mass is 381 g/mol. The highest BCUT2D eigenvalue weighted by atomic mass is 19.1. The van der Waals surface area contributed by atoms with Crippen molar-refractivity contribution in [2.45, 2.75) is 39.5 Å². The summed E-state index contributed by atoms with van der Waals surface area (Å²) < 4.78 is 13.5. The largest absolute Gasteiger partial charge is 0.508 e. The first kappa shape index (κ1) is 19.8. The van der Waals surface area contributed by atoms with E-state index in [-0.39, 0.29) is 17.5 Å². The fraction of sp³-hybridized carbons (Fsp3) is 0.304. The number of nitrogens with zero attached hydrogens (tertiary/aromatic N) is 1. The third-order valence-electron chi connectivity index (χ3n) is 5.03. The van der Waals surface area contributed by atoms with Gasteiger partial charge in [-0.3, -0.25) is 9.78 Å². The zero-order chi connectivity index (χ0) is 20.4. The SMILES string of the molecule is CC(CCc1nc2cc(O)ccc2c(-c2ccc(F)cc2)c1C(C)C)C(=O)O. The topological polar surface area (TPSA) is 70.4 Å². The zero-order valence-electron chi connectivity index (χ0n) is 16.2. The van der Waals surface area contributed by atoms with Crippen LogP contribution in [-0.4, -0.2) is 21.2 Å². The number of pyridine rings is 1. The molecule has 0 aliphatic rings. The number of phenolic OH excluding ortho intramolecular Hbond substituents is 1. The van der Waals surface area contributed by atoms with Crippen molar-refractivity contribution < 1.29 is 19.4 Å². The molecule has 3 rings (SSSR count). The van der Waals surface area contributed by atoms with E-state index >= 15 is 0 Å². The van der Waals surface area contributed by atoms with E-state index in [0.29, 0.717) is 18.4 Å². The number of hydrogen-bond donors (Lipinski definition) is 2. The Bertz CT molecular complexity index is 1010. The molecule has 28 heavy (non-hydrogen) atoms. The van der Waals surface area contributed by atoms with E-state index in [1.807, 2.05) is 6.07 Å². The maximum atomic E-state index is 13.5. The minimum Gasteiger partial charge on any atom is -0.508 e. The number of aromatic nitrogens is 1. The summed E-state index contributed by atoms with van der Waals surface area (Å²) in [5.74, 6) is -1.35. The predicted octanol–water partition coefficient (Wildman–Crippen LogP) is 5.52. The maximum absolute atomic E-state index is 13.5. The van der Waals surface area contributed by atoms with Gasteiger partial charge in [0, 0.05) is 17.1 Å². The average Bonchev–Trinajstić information content (AvgIpc) is 2.65. The van der Waals surface area contributed by atoms with Crippen LogP contribution in [-0.2, 0) is 11.2 Å². The molecule has 0 saturated heterocycles. The molecular weight excluding hydrogens is 357 g/mol. The number of aliphatic carboxylic acids is 1. The molecule has 0 fully saturated rings. The van der Waals surface area contributed by atoms with Crippen molar-refractivity contribution in [3.63, 3.8) is 0 Å². The molecular formula is C23H24FNO3. The number of fused-ring (bicyclic) bond motifs is 1. The maximum Gasteiger partial charge on any atom is 0.306 e. The van der Waals surface area contributed by atoms with Gasteiger partial charge in [0.15, 0.2) is 0 Å². The predicted molar refractivity (Wildman–Crippen MR) is 108 cm³/mol. The molecule has 1 atom stereocenters. The highest BCUT2D eigenvalue weighted by Gasteiger charge is 2.21. The van der Waals surface area contributed by atoms with E-state index in [1.165, 1.54) is 12.1 Å². The summed E-state index contributed by atoms with van der Waals surface area (Å²) >= 11 is 0. The number of phenols is 1. The van der Waals surface area contributed by atoms with Crippen molar-refractivity contribution in [3.8, 4) is 16.9 Å². The smallest absolute Gasteiger partial charge is 0.306 e. The summed E-state index contributed by atoms with van der Waals surface area (Å²) in [5.41, 5.74) is 4.32. The van der Waals surface area contributed by atoms with Gasteiger partial charge in [0.1, 0.15) is 11.6 Å². The van der Waals surface area contributed by atoms with Crippen LogP contribution < -0.4 is 0 Å². The van der Waals surface area contributed by atoms with Gasteiger partial charge in [-0.1, -0.05) is 32.9 Å². The highest BCUT2D eigenvalue weighted by Crippen LogP contribution is 2.38. The van der Waals surface area contributed by atoms with Crippen LogP contribution in [0.3, 0.4) is 0 Å². The van der Waals surface area contributed by atoms with Crippen LogP contribution in [0.2, 0.25) is 0 Å². The van der Waals surface area contributed by atoms with Crippen LogP contribution in [0.4, 0.5) is 4.39 Å². The van der Waals surface area contributed by atoms with Crippen molar-refractivity contribution >= 4 is 16.9 Å². The number of carbonyl (C=O) groups is 1. The van der Waals surface area contributed by atoms with Crippen LogP contribution >= 0.6 is 0 Å². The van der Waals surface area contributed by atoms with Gasteiger partial charge in [-0.25, -0.2) is 4.39 Å². The Balaban J connectivity index is 2.26. The minimum absolute atomic E-state index is 0.118. The van der Waals surface area contributed by atoms with Gasteiger partial charge < -0.3 is 10.2 Å². The Morgan fingerprint density at radius 1 is 1.11 bits per heavy atom. The number of halogens is 1. The lowest BCUT2D eigenvalue weighted by Gasteiger charge is -2.21. The van der Waals surface area contributed by atoms with Crippen molar-refractivity contribution in [1.29, 1.82) is 0 Å². The van der Waals surface area contributed by atoms with Crippen molar-refractivity contribution in [3.05, 3.63) is 59.5 Å². The second-order valence-electron chi connectivity index (χ2n) is 7.49. The summed E-state index contributed by atoms with van der Waals surface area (Å²) in [6.45, 7) is 5.83. The van der Waals surface area contributed by atoms with Crippen molar-refractivity contribution in [2.24, 2.45) is 5.92 Å². The molecule has 1 unspecified atom stereocenters. The zero-order valence-corrected chi connectivity index (χ0v) is 16.2. The first-order chi connectivity index (χ1) is 13.3. The number of aromatic hydroxyl groups is 1. The Kier molecular flexibility index (Phi) is 5.63. The summed E-state index contributed by atoms with van der Waals surface area (Å²) in [6.07, 6.45) is 0.982. The first-order valence-electron chi connectivity index (χ1n) is 9.42. The number of carboxylic acid groups (broad SMARTS) is 1. The van der Waals surface area contributed by atoms with Crippen molar-refractivity contribution in [1.82, 2.24) is 4.98 Å². The molecule has 1 heterocycles. The Hall–Kier alpha value is -2.95. The van der Waals surface area contributed by atoms with Gasteiger partial charge in [0.2, 0.25) is 0 Å². The summed E-state index contributed by atoms with van der Waals surface area (Å²) in [6, 6.07) is 11.4. The normalized spacial score (nSPS) is 12.5. The van der Waals surface area contributed by atoms with Crippen molar-refractivity contribution in [2.75, 3.05) is 0 Å². The van der Waals surface area contributed by atoms with E-state index < -0.39 is 11.9 Å². The molecule has 0 aliphatic heterocycles. The molecule has 0 saturated carbocycles. The van der Waals surface area contributed by atoms with E-state index in [1.54, 1.807) is 31.2 Å². The number of rotatable bonds is 6. The molecule has 0 bridgehead atoms. The Morgan fingerprint density at radius 2 is 1.79 bits per heavy atom. The fourth-order valence-electron chi connectivity index (χ4n) is 3.54. The average molecular weight is 381 g/mol. The highest BCUT2D eigenvalue weighted by molar-refractivity contribution is 5.97. The molecule has 146 valence electrons. The minimum atomic E-state index is -0.830. The molecule has 2 aromatic carbocycles. The van der Waals surface area contributed by atoms with Gasteiger partial charge in [0.25, 0.3) is 0 Å². The van der Waals surface area contributed by atoms with Crippen LogP contribution in [0.25, 0.3) is 22.0 Å². The van der Waals surface area contributed by atoms with E-state index in [2.05, 4.69) is 13.8 Å². The molecule has 2 N–H and O–H groups in total. The van der Waals surface area contributed by atoms with Gasteiger partial charge in [-0.05, 0) is 59.7 Å². The summed E-state index contributed by atoms with van der Waals surface area (Å²) in [4.78, 5) is 16.0. The molecule has 0 amide bonds. The molecule has 3 aromatic rings. The quantitative estimate of drug-likeness (QED) is 0.589. The third-order valence-corrected chi connectivity index (χ3v) is 5.03. The van der Waals surface area contributed by atoms with Gasteiger partial charge in [-0.2, -0.15) is 0 Å². The molecule has 1 aromatic heterocycles. The second kappa shape index (κ2) is 7.97. The molecule has 0 aliphatic carbocycles. The number of carboxylic acids is 1. The number of hydrogen-bond acceptors (Lipinski definition) is 3. The van der Waals surface area contributed by atoms with Crippen LogP contribution in [0.1, 0.15) is 44.4 Å². The van der Waals surface area contributed by atoms with Crippen LogP contribution in [0.15, 0.2) is 42.5 Å². The first-order valence-corrected chi connectivity index (χ1v) is 9.42. The van der Waals surface area contributed by atoms with Gasteiger partial charge >= 0.3 is 5.97 Å². The van der Waals surface area contributed by atoms with Crippen LogP contribution in [0.5, 0.6) is 5.75 Å². The Morgan fingerprint density at radius 3 is 2.39 bits per heavy atom. The van der Waals surface area contributed by atoms with Crippen LogP contribution in [0, 0.1) is 11.7 Å². The second-order valence-corrected chi connectivity index (χ2v) is 7.49. The number of benzene rings is 2. The molecule has 0 radical (unpaired) electrons. The molecule has 5 heteroatoms. The standard InChI is InChI=1S/C23H24FNO3/c1-13(2)21-19(11-4-14(3)23(27)28)25-20-12-17(26)9-10-18(20)22(21)15-5-7-16(24)8-6-15/h5-10,12-14,26H,4,11H2,1-3H3,(H,27,28). The lowest BCUT2D eigenvalue weighted by atomic mass is 9.86. The van der Waals surface area contributed by atoms with Gasteiger partial charge in [-0.15, -0.1) is 0 Å².